The van der Waals surface area contributed by atoms with Crippen molar-refractivity contribution in [3.63, 3.8) is 0 Å². The predicted molar refractivity (Wildman–Crippen MR) is 70.5 cm³/mol. The van der Waals surface area contributed by atoms with E-state index in [2.05, 4.69) is 35.8 Å². The minimum Gasteiger partial charge on any atom is -0.383 e. The van der Waals surface area contributed by atoms with Crippen LogP contribution in [0.25, 0.3) is 0 Å². The van der Waals surface area contributed by atoms with Crippen LogP contribution in [0.15, 0.2) is 28.0 Å². The summed E-state index contributed by atoms with van der Waals surface area (Å²) in [5, 5.41) is 5.94. The Balaban J connectivity index is 2.34. The molecule has 7 nitrogen and oxygen atoms in total. The highest BCUT2D eigenvalue weighted by atomic mass is 79.9. The van der Waals surface area contributed by atoms with Gasteiger partial charge in [0, 0.05) is 0 Å². The number of nitrogens with two attached hydrogens (primary N) is 1. The summed E-state index contributed by atoms with van der Waals surface area (Å²) < 4.78 is 27.0. The number of aromatic amines is 1. The number of halogens is 1. The van der Waals surface area contributed by atoms with Gasteiger partial charge in [0.15, 0.2) is 0 Å². The Morgan fingerprint density at radius 3 is 2.72 bits per heavy atom. The molecule has 0 spiro atoms. The molecule has 0 radical (unpaired) electrons. The van der Waals surface area contributed by atoms with Gasteiger partial charge in [0.1, 0.15) is 15.3 Å². The van der Waals surface area contributed by atoms with Crippen molar-refractivity contribution < 1.29 is 8.42 Å². The van der Waals surface area contributed by atoms with E-state index in [1.807, 2.05) is 0 Å². The van der Waals surface area contributed by atoms with Crippen molar-refractivity contribution in [3.05, 3.63) is 28.6 Å². The fraction of sp³-hybridized carbons (Fsp3) is 0.111. The highest BCUT2D eigenvalue weighted by Gasteiger charge is 2.19. The largest absolute Gasteiger partial charge is 0.383 e. The van der Waals surface area contributed by atoms with Crippen LogP contribution in [0, 0.1) is 6.92 Å². The number of nitrogens with zero attached hydrogens (tertiary/aromatic N) is 2. The predicted octanol–water partition coefficient (Wildman–Crippen LogP) is 1.26. The molecule has 0 aromatic carbocycles. The van der Waals surface area contributed by atoms with Gasteiger partial charge >= 0.3 is 0 Å². The number of rotatable bonds is 3. The van der Waals surface area contributed by atoms with E-state index in [1.165, 1.54) is 6.20 Å². The van der Waals surface area contributed by atoms with Gasteiger partial charge in [-0.15, -0.1) is 0 Å². The maximum absolute atomic E-state index is 12.0. The van der Waals surface area contributed by atoms with Crippen LogP contribution in [0.1, 0.15) is 5.56 Å². The molecule has 0 amide bonds. The van der Waals surface area contributed by atoms with Crippen molar-refractivity contribution in [2.75, 3.05) is 10.5 Å². The average molecular weight is 332 g/mol. The third kappa shape index (κ3) is 2.46. The van der Waals surface area contributed by atoms with Gasteiger partial charge in [-0.3, -0.25) is 9.82 Å². The highest BCUT2D eigenvalue weighted by Crippen LogP contribution is 2.21. The summed E-state index contributed by atoms with van der Waals surface area (Å²) in [4.78, 5) is 3.91. The van der Waals surface area contributed by atoms with E-state index in [0.717, 1.165) is 11.8 Å². The summed E-state index contributed by atoms with van der Waals surface area (Å²) in [7, 11) is -3.75. The smallest absolute Gasteiger partial charge is 0.267 e. The molecule has 0 saturated heterocycles. The summed E-state index contributed by atoms with van der Waals surface area (Å²) >= 11 is 3.24. The van der Waals surface area contributed by atoms with Crippen LogP contribution in [0.2, 0.25) is 0 Å². The first-order chi connectivity index (χ1) is 8.40. The van der Waals surface area contributed by atoms with Crippen LogP contribution in [0.4, 0.5) is 11.5 Å². The molecule has 18 heavy (non-hydrogen) atoms. The number of nitrogens with one attached hydrogen (secondary N) is 2. The van der Waals surface area contributed by atoms with Crippen LogP contribution in [0.5, 0.6) is 0 Å². The Kier molecular flexibility index (Phi) is 3.26. The zero-order chi connectivity index (χ0) is 13.3. The first-order valence-electron chi connectivity index (χ1n) is 4.84. The van der Waals surface area contributed by atoms with Crippen molar-refractivity contribution in [1.82, 2.24) is 15.2 Å². The lowest BCUT2D eigenvalue weighted by atomic mass is 10.3. The van der Waals surface area contributed by atoms with Gasteiger partial charge in [0.05, 0.1) is 18.1 Å². The number of aromatic nitrogens is 3. The van der Waals surface area contributed by atoms with E-state index < -0.39 is 10.0 Å². The maximum atomic E-state index is 12.0. The Morgan fingerprint density at radius 1 is 1.44 bits per heavy atom. The van der Waals surface area contributed by atoms with Gasteiger partial charge in [-0.05, 0) is 34.5 Å². The molecule has 0 aliphatic rings. The zero-order valence-corrected chi connectivity index (χ0v) is 11.7. The van der Waals surface area contributed by atoms with Crippen LogP contribution in [0.3, 0.4) is 0 Å². The van der Waals surface area contributed by atoms with Crippen LogP contribution >= 0.6 is 15.9 Å². The molecule has 96 valence electrons. The molecular weight excluding hydrogens is 322 g/mol. The molecule has 0 aliphatic carbocycles. The van der Waals surface area contributed by atoms with Gasteiger partial charge in [-0.25, -0.2) is 13.4 Å². The second-order valence-electron chi connectivity index (χ2n) is 3.59. The van der Waals surface area contributed by atoms with Crippen molar-refractivity contribution >= 4 is 37.5 Å². The molecule has 0 fully saturated rings. The molecule has 0 aliphatic heterocycles. The van der Waals surface area contributed by atoms with Crippen molar-refractivity contribution in [2.24, 2.45) is 0 Å². The molecule has 0 bridgehead atoms. The lowest BCUT2D eigenvalue weighted by Crippen LogP contribution is -2.14. The molecule has 0 atom stereocenters. The lowest BCUT2D eigenvalue weighted by Gasteiger charge is -2.07. The number of sulfonamides is 1. The molecule has 4 N–H and O–H groups in total. The van der Waals surface area contributed by atoms with Crippen LogP contribution in [-0.4, -0.2) is 23.6 Å². The molecule has 0 unspecified atom stereocenters. The Hall–Kier alpha value is -1.61. The molecule has 2 aromatic rings. The van der Waals surface area contributed by atoms with Crippen molar-refractivity contribution in [3.8, 4) is 0 Å². The summed E-state index contributed by atoms with van der Waals surface area (Å²) in [6.07, 6.45) is 2.56. The number of H-pyrrole nitrogens is 1. The minimum atomic E-state index is -3.75. The number of aryl methyl sites for hydroxylation is 1. The summed E-state index contributed by atoms with van der Waals surface area (Å²) in [5.74, 6) is -0.00991. The Labute approximate surface area is 112 Å². The third-order valence-electron chi connectivity index (χ3n) is 2.19. The number of hydrogen-bond acceptors (Lipinski definition) is 5. The fourth-order valence-corrected chi connectivity index (χ4v) is 2.60. The third-order valence-corrected chi connectivity index (χ3v) is 4.43. The Morgan fingerprint density at radius 2 is 2.17 bits per heavy atom. The molecule has 2 aromatic heterocycles. The van der Waals surface area contributed by atoms with Crippen molar-refractivity contribution in [1.29, 1.82) is 0 Å². The number of nitrogen functional groups attached to an aromatic ring is 1. The first-order valence-corrected chi connectivity index (χ1v) is 7.11. The number of anilines is 2. The fourth-order valence-electron chi connectivity index (χ4n) is 1.32. The molecular formula is C9H10BrN5O2S. The first kappa shape index (κ1) is 12.8. The zero-order valence-electron chi connectivity index (χ0n) is 9.31. The standard InChI is InChI=1S/C9H10BrN5O2S/c1-5-2-6(3-12-8(5)10)15-18(16,17)7-4-13-14-9(7)11/h2-4,15H,1H3,(H3,11,13,14). The van der Waals surface area contributed by atoms with E-state index in [-0.39, 0.29) is 10.7 Å². The molecule has 9 heteroatoms. The Bertz CT molecular complexity index is 682. The summed E-state index contributed by atoms with van der Waals surface area (Å²) in [6.45, 7) is 1.81. The van der Waals surface area contributed by atoms with Crippen LogP contribution < -0.4 is 10.5 Å². The van der Waals surface area contributed by atoms with E-state index in [9.17, 15) is 8.42 Å². The minimum absolute atomic E-state index is 0.00991. The van der Waals surface area contributed by atoms with E-state index in [4.69, 9.17) is 5.73 Å². The van der Waals surface area contributed by atoms with E-state index >= 15 is 0 Å². The summed E-state index contributed by atoms with van der Waals surface area (Å²) in [6, 6.07) is 1.66. The second kappa shape index (κ2) is 4.58. The van der Waals surface area contributed by atoms with Gasteiger partial charge in [-0.2, -0.15) is 5.10 Å². The molecule has 2 heterocycles. The number of hydrogen-bond donors (Lipinski definition) is 3. The quantitative estimate of drug-likeness (QED) is 0.732. The van der Waals surface area contributed by atoms with E-state index in [1.54, 1.807) is 13.0 Å². The number of pyridine rings is 1. The van der Waals surface area contributed by atoms with Gasteiger partial charge < -0.3 is 5.73 Å². The normalized spacial score (nSPS) is 11.4. The molecule has 2 rings (SSSR count). The lowest BCUT2D eigenvalue weighted by molar-refractivity contribution is 0.601. The van der Waals surface area contributed by atoms with Gasteiger partial charge in [-0.1, -0.05) is 0 Å². The van der Waals surface area contributed by atoms with E-state index in [0.29, 0.717) is 10.3 Å². The monoisotopic (exact) mass is 331 g/mol. The SMILES string of the molecule is Cc1cc(NS(=O)(=O)c2cn[nH]c2N)cnc1Br. The van der Waals surface area contributed by atoms with Gasteiger partial charge in [0.2, 0.25) is 0 Å². The molecule has 0 saturated carbocycles. The summed E-state index contributed by atoms with van der Waals surface area (Å²) in [5.41, 5.74) is 6.65. The van der Waals surface area contributed by atoms with Crippen LogP contribution in [-0.2, 0) is 10.0 Å². The highest BCUT2D eigenvalue weighted by molar-refractivity contribution is 9.10. The average Bonchev–Trinajstić information content (AvgIpc) is 2.70. The van der Waals surface area contributed by atoms with Gasteiger partial charge in [0.25, 0.3) is 10.0 Å². The van der Waals surface area contributed by atoms with Crippen molar-refractivity contribution in [2.45, 2.75) is 11.8 Å². The topological polar surface area (TPSA) is 114 Å². The maximum Gasteiger partial charge on any atom is 0.267 e. The second-order valence-corrected chi connectivity index (χ2v) is 5.99.